The summed E-state index contributed by atoms with van der Waals surface area (Å²) in [6.07, 6.45) is 0. The van der Waals surface area contributed by atoms with Gasteiger partial charge in [-0.05, 0) is 23.3 Å². The van der Waals surface area contributed by atoms with E-state index in [0.29, 0.717) is 0 Å². The van der Waals surface area contributed by atoms with Gasteiger partial charge in [-0.1, -0.05) is 42.5 Å². The van der Waals surface area contributed by atoms with E-state index in [1.54, 1.807) is 11.8 Å². The number of carbonyl (C=O) groups is 1. The molecule has 0 aliphatic heterocycles. The lowest BCUT2D eigenvalue weighted by Crippen LogP contribution is -2.27. The Balaban J connectivity index is 2.52. The summed E-state index contributed by atoms with van der Waals surface area (Å²) in [7, 11) is 1.84. The predicted molar refractivity (Wildman–Crippen MR) is 70.8 cm³/mol. The van der Waals surface area contributed by atoms with E-state index in [1.807, 2.05) is 25.2 Å². The molecule has 0 fully saturated rings. The van der Waals surface area contributed by atoms with Crippen LogP contribution in [0.3, 0.4) is 0 Å². The molecule has 1 atom stereocenters. The van der Waals surface area contributed by atoms with Crippen LogP contribution in [0.1, 0.15) is 25.5 Å². The molecule has 1 unspecified atom stereocenters. The van der Waals surface area contributed by atoms with E-state index in [2.05, 4.69) is 31.2 Å². The van der Waals surface area contributed by atoms with Crippen LogP contribution in [-0.2, 0) is 4.79 Å². The lowest BCUT2D eigenvalue weighted by molar-refractivity contribution is -0.129. The minimum Gasteiger partial charge on any atom is -0.339 e. The van der Waals surface area contributed by atoms with Crippen LogP contribution >= 0.6 is 0 Å². The first-order valence-corrected chi connectivity index (χ1v) is 5.82. The third-order valence-corrected chi connectivity index (χ3v) is 3.35. The zero-order valence-corrected chi connectivity index (χ0v) is 10.5. The Bertz CT molecular complexity index is 542. The first kappa shape index (κ1) is 11.6. The number of hydrogen-bond donors (Lipinski definition) is 0. The first-order valence-electron chi connectivity index (χ1n) is 5.82. The van der Waals surface area contributed by atoms with E-state index in [1.165, 1.54) is 16.3 Å². The van der Waals surface area contributed by atoms with E-state index < -0.39 is 0 Å². The molecule has 2 nitrogen and oxygen atoms in total. The molecule has 17 heavy (non-hydrogen) atoms. The maximum atomic E-state index is 11.4. The summed E-state index contributed by atoms with van der Waals surface area (Å²) >= 11 is 0. The quantitative estimate of drug-likeness (QED) is 0.770. The van der Waals surface area contributed by atoms with Crippen LogP contribution in [0, 0.1) is 0 Å². The monoisotopic (exact) mass is 227 g/mol. The van der Waals surface area contributed by atoms with E-state index in [0.717, 1.165) is 0 Å². The lowest BCUT2D eigenvalue weighted by Gasteiger charge is -2.25. The molecule has 0 spiro atoms. The molecular weight excluding hydrogens is 210 g/mol. The van der Waals surface area contributed by atoms with Gasteiger partial charge in [0.15, 0.2) is 0 Å². The molecule has 0 saturated heterocycles. The summed E-state index contributed by atoms with van der Waals surface area (Å²) in [5.41, 5.74) is 1.20. The molecule has 2 aromatic rings. The fourth-order valence-electron chi connectivity index (χ4n) is 2.10. The Labute approximate surface area is 102 Å². The zero-order valence-electron chi connectivity index (χ0n) is 10.5. The highest BCUT2D eigenvalue weighted by Crippen LogP contribution is 2.27. The minimum absolute atomic E-state index is 0.0884. The van der Waals surface area contributed by atoms with Crippen LogP contribution in [0.25, 0.3) is 10.8 Å². The summed E-state index contributed by atoms with van der Waals surface area (Å²) in [5, 5.41) is 2.43. The van der Waals surface area contributed by atoms with E-state index >= 15 is 0 Å². The van der Waals surface area contributed by atoms with Crippen LogP contribution in [-0.4, -0.2) is 17.9 Å². The Morgan fingerprint density at radius 3 is 2.47 bits per heavy atom. The van der Waals surface area contributed by atoms with Crippen LogP contribution < -0.4 is 0 Å². The number of hydrogen-bond acceptors (Lipinski definition) is 1. The molecule has 0 aromatic heterocycles. The maximum Gasteiger partial charge on any atom is 0.219 e. The van der Waals surface area contributed by atoms with Gasteiger partial charge in [0.25, 0.3) is 0 Å². The maximum absolute atomic E-state index is 11.4. The lowest BCUT2D eigenvalue weighted by atomic mass is 9.99. The fourth-order valence-corrected chi connectivity index (χ4v) is 2.10. The summed E-state index contributed by atoms with van der Waals surface area (Å²) < 4.78 is 0. The van der Waals surface area contributed by atoms with Crippen LogP contribution in [0.4, 0.5) is 0 Å². The van der Waals surface area contributed by atoms with Crippen molar-refractivity contribution >= 4 is 16.7 Å². The van der Waals surface area contributed by atoms with E-state index in [-0.39, 0.29) is 11.9 Å². The third-order valence-electron chi connectivity index (χ3n) is 3.35. The van der Waals surface area contributed by atoms with Gasteiger partial charge in [0.1, 0.15) is 0 Å². The van der Waals surface area contributed by atoms with Crippen molar-refractivity contribution in [2.75, 3.05) is 7.05 Å². The van der Waals surface area contributed by atoms with Gasteiger partial charge in [-0.25, -0.2) is 0 Å². The molecule has 88 valence electrons. The van der Waals surface area contributed by atoms with Crippen molar-refractivity contribution in [2.24, 2.45) is 0 Å². The summed E-state index contributed by atoms with van der Waals surface area (Å²) in [5.74, 6) is 0.0884. The van der Waals surface area contributed by atoms with Crippen molar-refractivity contribution in [3.05, 3.63) is 48.0 Å². The molecule has 0 aliphatic carbocycles. The molecule has 0 saturated carbocycles. The van der Waals surface area contributed by atoms with Crippen molar-refractivity contribution in [3.63, 3.8) is 0 Å². The van der Waals surface area contributed by atoms with Gasteiger partial charge in [0, 0.05) is 14.0 Å². The number of carbonyl (C=O) groups excluding carboxylic acids is 1. The average Bonchev–Trinajstić information content (AvgIpc) is 2.36. The molecule has 0 aliphatic rings. The molecule has 2 heteroatoms. The number of amides is 1. The molecule has 0 N–H and O–H groups in total. The highest BCUT2D eigenvalue weighted by molar-refractivity contribution is 5.86. The van der Waals surface area contributed by atoms with Crippen molar-refractivity contribution in [2.45, 2.75) is 19.9 Å². The van der Waals surface area contributed by atoms with Crippen molar-refractivity contribution in [1.29, 1.82) is 0 Å². The van der Waals surface area contributed by atoms with E-state index in [4.69, 9.17) is 0 Å². The second-order valence-corrected chi connectivity index (χ2v) is 4.37. The van der Waals surface area contributed by atoms with Crippen LogP contribution in [0.5, 0.6) is 0 Å². The summed E-state index contributed by atoms with van der Waals surface area (Å²) in [6.45, 7) is 3.66. The average molecular weight is 227 g/mol. The second kappa shape index (κ2) is 4.58. The highest BCUT2D eigenvalue weighted by atomic mass is 16.2. The van der Waals surface area contributed by atoms with E-state index in [9.17, 15) is 4.79 Å². The Morgan fingerprint density at radius 2 is 1.76 bits per heavy atom. The van der Waals surface area contributed by atoms with Gasteiger partial charge >= 0.3 is 0 Å². The summed E-state index contributed by atoms with van der Waals surface area (Å²) in [6, 6.07) is 14.6. The normalized spacial score (nSPS) is 12.4. The Morgan fingerprint density at radius 1 is 1.12 bits per heavy atom. The zero-order chi connectivity index (χ0) is 12.4. The van der Waals surface area contributed by atoms with Crippen molar-refractivity contribution in [3.8, 4) is 0 Å². The first-order chi connectivity index (χ1) is 8.11. The third kappa shape index (κ3) is 2.16. The molecule has 0 bridgehead atoms. The highest BCUT2D eigenvalue weighted by Gasteiger charge is 2.15. The second-order valence-electron chi connectivity index (χ2n) is 4.37. The largest absolute Gasteiger partial charge is 0.339 e. The Kier molecular flexibility index (Phi) is 3.14. The van der Waals surface area contributed by atoms with Crippen molar-refractivity contribution in [1.82, 2.24) is 4.90 Å². The minimum atomic E-state index is 0.0884. The topological polar surface area (TPSA) is 20.3 Å². The SMILES string of the molecule is CC(=O)N(C)C(C)c1cccc2ccccc12. The molecule has 0 radical (unpaired) electrons. The van der Waals surface area contributed by atoms with Gasteiger partial charge in [0.2, 0.25) is 5.91 Å². The number of rotatable bonds is 2. The van der Waals surface area contributed by atoms with Crippen LogP contribution in [0.2, 0.25) is 0 Å². The Hall–Kier alpha value is -1.83. The van der Waals surface area contributed by atoms with Gasteiger partial charge < -0.3 is 4.90 Å². The van der Waals surface area contributed by atoms with Gasteiger partial charge in [-0.2, -0.15) is 0 Å². The number of fused-ring (bicyclic) bond motifs is 1. The number of nitrogens with zero attached hydrogens (tertiary/aromatic N) is 1. The van der Waals surface area contributed by atoms with Gasteiger partial charge in [-0.3, -0.25) is 4.79 Å². The van der Waals surface area contributed by atoms with Crippen LogP contribution in [0.15, 0.2) is 42.5 Å². The fraction of sp³-hybridized carbons (Fsp3) is 0.267. The molecule has 2 aromatic carbocycles. The summed E-state index contributed by atoms with van der Waals surface area (Å²) in [4.78, 5) is 13.2. The predicted octanol–water partition coefficient (Wildman–Crippen LogP) is 3.38. The standard InChI is InChI=1S/C15H17NO/c1-11(16(3)12(2)17)14-10-6-8-13-7-4-5-9-15(13)14/h4-11H,1-3H3. The smallest absolute Gasteiger partial charge is 0.219 e. The van der Waals surface area contributed by atoms with Gasteiger partial charge in [0.05, 0.1) is 6.04 Å². The van der Waals surface area contributed by atoms with Crippen molar-refractivity contribution < 1.29 is 4.79 Å². The number of benzene rings is 2. The molecule has 2 rings (SSSR count). The van der Waals surface area contributed by atoms with Gasteiger partial charge in [-0.15, -0.1) is 0 Å². The molecular formula is C15H17NO. The molecule has 1 amide bonds. The molecule has 0 heterocycles.